The van der Waals surface area contributed by atoms with E-state index in [-0.39, 0.29) is 55.4 Å². The van der Waals surface area contributed by atoms with Crippen molar-refractivity contribution in [2.75, 3.05) is 12.3 Å². The molecule has 3 aliphatic heterocycles. The van der Waals surface area contributed by atoms with Gasteiger partial charge in [-0.2, -0.15) is 13.2 Å². The summed E-state index contributed by atoms with van der Waals surface area (Å²) < 4.78 is 39.6. The summed E-state index contributed by atoms with van der Waals surface area (Å²) in [6.45, 7) is -0.237. The third kappa shape index (κ3) is 4.17. The van der Waals surface area contributed by atoms with E-state index in [9.17, 15) is 32.7 Å². The van der Waals surface area contributed by atoms with E-state index in [2.05, 4.69) is 9.97 Å². The van der Waals surface area contributed by atoms with Gasteiger partial charge in [-0.25, -0.2) is 9.78 Å². The van der Waals surface area contributed by atoms with E-state index in [1.165, 1.54) is 23.1 Å². The van der Waals surface area contributed by atoms with Crippen molar-refractivity contribution in [2.24, 2.45) is 5.92 Å². The fourth-order valence-electron chi connectivity index (χ4n) is 4.66. The number of carbonyl (C=O) groups is 3. The Labute approximate surface area is 223 Å². The number of aromatic nitrogens is 2. The number of rotatable bonds is 5. The molecule has 5 heterocycles. The summed E-state index contributed by atoms with van der Waals surface area (Å²) in [5.74, 6) is -4.39. The molecule has 2 amide bonds. The molecule has 0 radical (unpaired) electrons. The van der Waals surface area contributed by atoms with E-state index in [1.807, 2.05) is 11.4 Å². The van der Waals surface area contributed by atoms with Crippen LogP contribution < -0.4 is 29.6 Å². The molecule has 174 valence electrons. The molecule has 8 nitrogen and oxygen atoms in total. The molecule has 14 heteroatoms. The van der Waals surface area contributed by atoms with Crippen LogP contribution in [0.5, 0.6) is 0 Å². The Morgan fingerprint density at radius 3 is 2.76 bits per heavy atom. The van der Waals surface area contributed by atoms with Crippen LogP contribution >= 0.6 is 23.1 Å². The van der Waals surface area contributed by atoms with Gasteiger partial charge in [-0.05, 0) is 24.1 Å². The van der Waals surface area contributed by atoms with E-state index < -0.39 is 42.0 Å². The zero-order valence-corrected chi connectivity index (χ0v) is 21.3. The number of carboxylic acid groups (broad SMARTS) is 1. The molecule has 34 heavy (non-hydrogen) atoms. The molecule has 0 saturated carbocycles. The number of pyridine rings is 1. The van der Waals surface area contributed by atoms with Crippen LogP contribution in [0.4, 0.5) is 13.2 Å². The fourth-order valence-corrected chi connectivity index (χ4v) is 6.52. The van der Waals surface area contributed by atoms with Gasteiger partial charge in [0, 0.05) is 41.6 Å². The van der Waals surface area contributed by atoms with Gasteiger partial charge in [0.1, 0.15) is 11.7 Å². The van der Waals surface area contributed by atoms with Crippen molar-refractivity contribution in [1.29, 1.82) is 0 Å². The predicted octanol–water partition coefficient (Wildman–Crippen LogP) is -0.244. The van der Waals surface area contributed by atoms with Crippen LogP contribution in [0.15, 0.2) is 45.5 Å². The Balaban J connectivity index is 0.00000171. The van der Waals surface area contributed by atoms with Crippen molar-refractivity contribution in [3.8, 4) is 11.3 Å². The van der Waals surface area contributed by atoms with Crippen molar-refractivity contribution in [3.63, 3.8) is 0 Å². The zero-order chi connectivity index (χ0) is 23.5. The van der Waals surface area contributed by atoms with Crippen molar-refractivity contribution in [3.05, 3.63) is 41.2 Å². The molecule has 2 saturated heterocycles. The van der Waals surface area contributed by atoms with Crippen LogP contribution in [-0.2, 0) is 14.4 Å². The number of hydrogen-bond acceptors (Lipinski definition) is 7. The molecule has 1 N–H and O–H groups in total. The number of carbonyl (C=O) groups excluding carboxylic acids is 2. The first-order chi connectivity index (χ1) is 15.7. The molecule has 5 rings (SSSR count). The molecular weight excluding hydrogens is 504 g/mol. The van der Waals surface area contributed by atoms with Gasteiger partial charge in [0.15, 0.2) is 4.34 Å². The molecule has 2 aromatic rings. The van der Waals surface area contributed by atoms with Gasteiger partial charge in [-0.1, -0.05) is 11.8 Å². The number of β-lactam (4-membered cyclic amide) rings is 1. The largest absolute Gasteiger partial charge is 1.00 e. The van der Waals surface area contributed by atoms with Gasteiger partial charge >= 0.3 is 47.6 Å². The van der Waals surface area contributed by atoms with E-state index in [0.29, 0.717) is 14.8 Å². The Kier molecular flexibility index (Phi) is 6.86. The maximum absolute atomic E-state index is 13.0. The minimum Gasteiger partial charge on any atom is -1.00 e. The molecular formula is C20H16F3N4NaO4S2. The summed E-state index contributed by atoms with van der Waals surface area (Å²) in [6.07, 6.45) is -1.57. The smallest absolute Gasteiger partial charge is 1.00 e. The first kappa shape index (κ1) is 25.2. The van der Waals surface area contributed by atoms with E-state index in [1.54, 1.807) is 18.5 Å². The molecule has 0 bridgehead atoms. The average Bonchev–Trinajstić information content (AvgIpc) is 3.39. The number of nitrogens with zero attached hydrogens (tertiary/aromatic N) is 4. The quantitative estimate of drug-likeness (QED) is 0.330. The van der Waals surface area contributed by atoms with Crippen LogP contribution in [0.3, 0.4) is 0 Å². The third-order valence-electron chi connectivity index (χ3n) is 5.96. The fraction of sp³-hybridized carbons (Fsp3) is 0.350. The predicted molar refractivity (Wildman–Crippen MR) is 112 cm³/mol. The number of thiazole rings is 1. The number of aliphatic carboxylic acids is 1. The Morgan fingerprint density at radius 2 is 2.12 bits per heavy atom. The van der Waals surface area contributed by atoms with E-state index in [0.717, 1.165) is 16.2 Å². The maximum Gasteiger partial charge on any atom is 1.00 e. The Morgan fingerprint density at radius 1 is 1.35 bits per heavy atom. The van der Waals surface area contributed by atoms with E-state index in [4.69, 9.17) is 0 Å². The second-order valence-electron chi connectivity index (χ2n) is 7.85. The number of halogens is 3. The summed E-state index contributed by atoms with van der Waals surface area (Å²) >= 11 is 2.67. The van der Waals surface area contributed by atoms with Crippen LogP contribution in [0.25, 0.3) is 11.3 Å². The molecule has 0 spiro atoms. The zero-order valence-electron chi connectivity index (χ0n) is 18.7. The molecule has 0 unspecified atom stereocenters. The molecule has 0 aliphatic carbocycles. The summed E-state index contributed by atoms with van der Waals surface area (Å²) in [5.41, 5.74) is 1.81. The first-order valence-electron chi connectivity index (χ1n) is 9.81. The average molecular weight is 520 g/mol. The summed E-state index contributed by atoms with van der Waals surface area (Å²) in [5, 5.41) is 11.6. The molecule has 3 aliphatic rings. The minimum absolute atomic E-state index is 0. The number of thioether (sulfide) groups is 1. The van der Waals surface area contributed by atoms with Crippen LogP contribution in [0.1, 0.15) is 7.85 Å². The van der Waals surface area contributed by atoms with Crippen LogP contribution in [0, 0.1) is 5.92 Å². The van der Waals surface area contributed by atoms with Gasteiger partial charge in [0.05, 0.1) is 11.7 Å². The second-order valence-corrected chi connectivity index (χ2v) is 9.93. The van der Waals surface area contributed by atoms with Crippen LogP contribution in [0.2, 0.25) is 0 Å². The van der Waals surface area contributed by atoms with Crippen molar-refractivity contribution in [1.82, 2.24) is 19.8 Å². The number of carboxylic acids is 1. The number of hydrogen-bond donors (Lipinski definition) is 1. The van der Waals surface area contributed by atoms with Crippen molar-refractivity contribution in [2.45, 2.75) is 29.0 Å². The normalized spacial score (nSPS) is 23.4. The Hall–Kier alpha value is -1.93. The summed E-state index contributed by atoms with van der Waals surface area (Å²) in [6, 6.07) is 1.66. The topological polar surface area (TPSA) is 104 Å². The molecule has 3 atom stereocenters. The number of alkyl halides is 3. The molecule has 2 fully saturated rings. The van der Waals surface area contributed by atoms with Gasteiger partial charge in [0.2, 0.25) is 0 Å². The standard InChI is InChI=1S/C20H15F3N4O4S2.Na.H/c21-20(22,23)18(31)26-6-10-4-11(14(17(29)30)27-13(10)15(26)16(27)28)7-32-19-25-12(8-33-19)9-2-1-3-24-5-9;;/h1-3,5,8,10,13,15H,4,6-7H2,(H,29,30);;/q;+1;-1/t10-,13-,15+;;/m1../s1. The first-order valence-corrected chi connectivity index (χ1v) is 11.7. The molecule has 2 aromatic heterocycles. The monoisotopic (exact) mass is 520 g/mol. The number of likely N-dealkylation sites (tertiary alicyclic amines) is 1. The maximum atomic E-state index is 13.0. The van der Waals surface area contributed by atoms with Crippen LogP contribution in [-0.4, -0.2) is 73.2 Å². The Bertz CT molecular complexity index is 1200. The van der Waals surface area contributed by atoms with Gasteiger partial charge in [-0.15, -0.1) is 11.3 Å². The van der Waals surface area contributed by atoms with Gasteiger partial charge in [-0.3, -0.25) is 19.5 Å². The minimum atomic E-state index is -5.09. The number of amides is 2. The SMILES string of the molecule is O=C(O)C1=C(CSc2nc(-c3cccnc3)cs2)C[C@@H]2CN(C(=O)C(F)(F)F)[C@@H]3C(=O)N1[C@H]23.[H-].[Na+]. The summed E-state index contributed by atoms with van der Waals surface area (Å²) in [7, 11) is 0. The van der Waals surface area contributed by atoms with E-state index >= 15 is 0 Å². The second kappa shape index (κ2) is 9.26. The van der Waals surface area contributed by atoms with Crippen molar-refractivity contribution >= 4 is 40.9 Å². The van der Waals surface area contributed by atoms with Crippen molar-refractivity contribution < 1.29 is 63.6 Å². The third-order valence-corrected chi connectivity index (χ3v) is 8.07. The van der Waals surface area contributed by atoms with Gasteiger partial charge < -0.3 is 11.4 Å². The molecule has 0 aromatic carbocycles. The summed E-state index contributed by atoms with van der Waals surface area (Å²) in [4.78, 5) is 46.6. The van der Waals surface area contributed by atoms with Gasteiger partial charge in [0.25, 0.3) is 5.91 Å².